The summed E-state index contributed by atoms with van der Waals surface area (Å²) in [6.07, 6.45) is 4.55. The maximum Gasteiger partial charge on any atom is 0.327 e. The van der Waals surface area contributed by atoms with Crippen molar-refractivity contribution in [2.24, 2.45) is 0 Å². The van der Waals surface area contributed by atoms with E-state index in [0.717, 1.165) is 0 Å². The van der Waals surface area contributed by atoms with Gasteiger partial charge in [0, 0.05) is 17.3 Å². The van der Waals surface area contributed by atoms with Gasteiger partial charge in [0.1, 0.15) is 18.2 Å². The molecule has 0 unspecified atom stereocenters. The number of nitrogens with one attached hydrogen (secondary N) is 1. The Bertz CT molecular complexity index is 1050. The maximum absolute atomic E-state index is 12.8. The Morgan fingerprint density at radius 3 is 2.80 bits per heavy atom. The third-order valence-corrected chi connectivity index (χ3v) is 3.84. The third-order valence-electron chi connectivity index (χ3n) is 3.84. The summed E-state index contributed by atoms with van der Waals surface area (Å²) in [6, 6.07) is 2.01. The van der Waals surface area contributed by atoms with Crippen LogP contribution in [0.15, 0.2) is 23.4 Å². The van der Waals surface area contributed by atoms with E-state index in [1.807, 2.05) is 19.9 Å². The SMILES string of the molecule is COC(=O)Cn1cc(-c2[nH]c3c(C#N)cnn3c(=O)c2C(C)C)cn1. The first-order valence-corrected chi connectivity index (χ1v) is 7.60. The molecule has 9 heteroatoms. The van der Waals surface area contributed by atoms with E-state index < -0.39 is 5.97 Å². The Kier molecular flexibility index (Phi) is 4.10. The normalized spacial score (nSPS) is 11.0. The highest BCUT2D eigenvalue weighted by molar-refractivity contribution is 5.70. The maximum atomic E-state index is 12.8. The van der Waals surface area contributed by atoms with Gasteiger partial charge in [-0.1, -0.05) is 13.8 Å². The molecular weight excluding hydrogens is 324 g/mol. The van der Waals surface area contributed by atoms with Crippen LogP contribution in [-0.2, 0) is 16.1 Å². The van der Waals surface area contributed by atoms with Crippen LogP contribution in [0.3, 0.4) is 0 Å². The van der Waals surface area contributed by atoms with Gasteiger partial charge in [-0.2, -0.15) is 20.0 Å². The van der Waals surface area contributed by atoms with Crippen molar-refractivity contribution < 1.29 is 9.53 Å². The summed E-state index contributed by atoms with van der Waals surface area (Å²) in [4.78, 5) is 27.3. The predicted octanol–water partition coefficient (Wildman–Crippen LogP) is 1.05. The summed E-state index contributed by atoms with van der Waals surface area (Å²) in [5, 5.41) is 17.3. The molecular formula is C16H16N6O3. The number of ether oxygens (including phenoxy) is 1. The van der Waals surface area contributed by atoms with E-state index in [2.05, 4.69) is 19.9 Å². The standard InChI is InChI=1S/C16H16N6O3/c1-9(2)13-14(11-6-18-21(7-11)8-12(23)25-3)20-15-10(4-17)5-19-22(15)16(13)24/h5-7,9,20H,8H2,1-3H3. The lowest BCUT2D eigenvalue weighted by atomic mass is 10.00. The van der Waals surface area contributed by atoms with Crippen molar-refractivity contribution in [2.45, 2.75) is 26.3 Å². The minimum absolute atomic E-state index is 0.0316. The fourth-order valence-corrected chi connectivity index (χ4v) is 2.65. The van der Waals surface area contributed by atoms with E-state index in [1.165, 1.54) is 22.5 Å². The van der Waals surface area contributed by atoms with E-state index >= 15 is 0 Å². The van der Waals surface area contributed by atoms with Crippen molar-refractivity contribution in [2.75, 3.05) is 7.11 Å². The van der Waals surface area contributed by atoms with E-state index in [0.29, 0.717) is 22.5 Å². The molecule has 0 aliphatic carbocycles. The zero-order valence-corrected chi connectivity index (χ0v) is 14.0. The van der Waals surface area contributed by atoms with Gasteiger partial charge >= 0.3 is 5.97 Å². The molecule has 0 amide bonds. The van der Waals surface area contributed by atoms with E-state index in [4.69, 9.17) is 0 Å². The molecule has 0 spiro atoms. The molecule has 3 heterocycles. The molecule has 0 aliphatic rings. The Hall–Kier alpha value is -3.41. The highest BCUT2D eigenvalue weighted by atomic mass is 16.5. The lowest BCUT2D eigenvalue weighted by Gasteiger charge is -2.11. The first kappa shape index (κ1) is 16.4. The molecule has 0 saturated carbocycles. The van der Waals surface area contributed by atoms with Gasteiger partial charge in [-0.05, 0) is 5.92 Å². The van der Waals surface area contributed by atoms with Gasteiger partial charge in [0.2, 0.25) is 0 Å². The molecule has 0 aromatic carbocycles. The number of carbonyl (C=O) groups excluding carboxylic acids is 1. The average molecular weight is 340 g/mol. The zero-order chi connectivity index (χ0) is 18.1. The Labute approximate surface area is 142 Å². The second-order valence-electron chi connectivity index (χ2n) is 5.81. The number of nitriles is 1. The Morgan fingerprint density at radius 1 is 1.40 bits per heavy atom. The Balaban J connectivity index is 2.21. The monoisotopic (exact) mass is 340 g/mol. The molecule has 128 valence electrons. The highest BCUT2D eigenvalue weighted by Gasteiger charge is 2.20. The lowest BCUT2D eigenvalue weighted by molar-refractivity contribution is -0.141. The number of H-pyrrole nitrogens is 1. The van der Waals surface area contributed by atoms with Gasteiger partial charge in [-0.3, -0.25) is 14.3 Å². The molecule has 3 aromatic rings. The van der Waals surface area contributed by atoms with Crippen LogP contribution >= 0.6 is 0 Å². The van der Waals surface area contributed by atoms with Crippen LogP contribution in [0.1, 0.15) is 30.9 Å². The number of esters is 1. The van der Waals surface area contributed by atoms with Gasteiger partial charge in [-0.15, -0.1) is 0 Å². The van der Waals surface area contributed by atoms with Crippen LogP contribution in [0.2, 0.25) is 0 Å². The van der Waals surface area contributed by atoms with Gasteiger partial charge in [-0.25, -0.2) is 0 Å². The topological polar surface area (TPSA) is 118 Å². The van der Waals surface area contributed by atoms with Gasteiger partial charge in [0.05, 0.1) is 25.2 Å². The van der Waals surface area contributed by atoms with E-state index in [9.17, 15) is 14.9 Å². The summed E-state index contributed by atoms with van der Waals surface area (Å²) in [5.41, 5.74) is 2.03. The number of hydrogen-bond acceptors (Lipinski definition) is 6. The molecule has 0 atom stereocenters. The van der Waals surface area contributed by atoms with E-state index in [1.54, 1.807) is 12.4 Å². The van der Waals surface area contributed by atoms with Crippen LogP contribution in [0.4, 0.5) is 0 Å². The highest BCUT2D eigenvalue weighted by Crippen LogP contribution is 2.25. The lowest BCUT2D eigenvalue weighted by Crippen LogP contribution is -2.22. The predicted molar refractivity (Wildman–Crippen MR) is 87.9 cm³/mol. The molecule has 0 aliphatic heterocycles. The first-order valence-electron chi connectivity index (χ1n) is 7.60. The molecule has 3 aromatic heterocycles. The fraction of sp³-hybridized carbons (Fsp3) is 0.312. The number of fused-ring (bicyclic) bond motifs is 1. The second-order valence-corrected chi connectivity index (χ2v) is 5.81. The number of aromatic amines is 1. The molecule has 0 saturated heterocycles. The fourth-order valence-electron chi connectivity index (χ4n) is 2.65. The van der Waals surface area contributed by atoms with Crippen LogP contribution in [-0.4, -0.2) is 37.5 Å². The van der Waals surface area contributed by atoms with Crippen molar-refractivity contribution in [1.82, 2.24) is 24.4 Å². The van der Waals surface area contributed by atoms with Gasteiger partial charge < -0.3 is 9.72 Å². The molecule has 0 radical (unpaired) electrons. The molecule has 25 heavy (non-hydrogen) atoms. The van der Waals surface area contributed by atoms with Crippen molar-refractivity contribution in [3.05, 3.63) is 40.1 Å². The number of aromatic nitrogens is 5. The molecule has 3 rings (SSSR count). The first-order chi connectivity index (χ1) is 12.0. The van der Waals surface area contributed by atoms with Crippen molar-refractivity contribution in [3.8, 4) is 17.3 Å². The number of methoxy groups -OCH3 is 1. The average Bonchev–Trinajstić information content (AvgIpc) is 3.20. The Morgan fingerprint density at radius 2 is 2.16 bits per heavy atom. The number of hydrogen-bond donors (Lipinski definition) is 1. The summed E-state index contributed by atoms with van der Waals surface area (Å²) < 4.78 is 7.24. The summed E-state index contributed by atoms with van der Waals surface area (Å²) >= 11 is 0. The number of nitrogens with zero attached hydrogens (tertiary/aromatic N) is 5. The third kappa shape index (κ3) is 2.78. The zero-order valence-electron chi connectivity index (χ0n) is 14.0. The number of rotatable bonds is 4. The van der Waals surface area contributed by atoms with Crippen LogP contribution < -0.4 is 5.56 Å². The molecule has 9 nitrogen and oxygen atoms in total. The van der Waals surface area contributed by atoms with E-state index in [-0.39, 0.29) is 23.6 Å². The minimum atomic E-state index is -0.426. The quantitative estimate of drug-likeness (QED) is 0.709. The van der Waals surface area contributed by atoms with Crippen LogP contribution in [0, 0.1) is 11.3 Å². The smallest absolute Gasteiger partial charge is 0.327 e. The summed E-state index contributed by atoms with van der Waals surface area (Å²) in [6.45, 7) is 3.76. The molecule has 0 fully saturated rings. The van der Waals surface area contributed by atoms with Gasteiger partial charge in [0.25, 0.3) is 5.56 Å². The van der Waals surface area contributed by atoms with Crippen LogP contribution in [0.25, 0.3) is 16.9 Å². The van der Waals surface area contributed by atoms with Crippen molar-refractivity contribution in [3.63, 3.8) is 0 Å². The van der Waals surface area contributed by atoms with Crippen molar-refractivity contribution in [1.29, 1.82) is 5.26 Å². The molecule has 0 bridgehead atoms. The van der Waals surface area contributed by atoms with Gasteiger partial charge in [0.15, 0.2) is 5.65 Å². The number of carbonyl (C=O) groups is 1. The summed E-state index contributed by atoms with van der Waals surface area (Å²) in [7, 11) is 1.30. The molecule has 1 N–H and O–H groups in total. The van der Waals surface area contributed by atoms with Crippen molar-refractivity contribution >= 4 is 11.6 Å². The second kappa shape index (κ2) is 6.24. The largest absolute Gasteiger partial charge is 0.468 e. The summed E-state index contributed by atoms with van der Waals surface area (Å²) in [5.74, 6) is -0.507. The van der Waals surface area contributed by atoms with Crippen LogP contribution in [0.5, 0.6) is 0 Å². The minimum Gasteiger partial charge on any atom is -0.468 e.